The summed E-state index contributed by atoms with van der Waals surface area (Å²) in [4.78, 5) is 17.2. The minimum Gasteiger partial charge on any atom is -0.457 e. The molecule has 0 spiro atoms. The molecule has 0 saturated carbocycles. The second-order valence-electron chi connectivity index (χ2n) is 6.02. The van der Waals surface area contributed by atoms with Gasteiger partial charge < -0.3 is 10.1 Å². The van der Waals surface area contributed by atoms with Gasteiger partial charge in [-0.25, -0.2) is 8.42 Å². The number of para-hydroxylation sites is 1. The van der Waals surface area contributed by atoms with Gasteiger partial charge in [-0.1, -0.05) is 28.7 Å². The number of benzene rings is 3. The maximum atomic E-state index is 12.5. The van der Waals surface area contributed by atoms with E-state index in [9.17, 15) is 13.2 Å². The molecule has 1 amide bonds. The predicted molar refractivity (Wildman–Crippen MR) is 109 cm³/mol. The van der Waals surface area contributed by atoms with E-state index in [4.69, 9.17) is 9.57 Å². The van der Waals surface area contributed by atoms with Gasteiger partial charge in [0, 0.05) is 18.3 Å². The van der Waals surface area contributed by atoms with E-state index < -0.39 is 15.9 Å². The van der Waals surface area contributed by atoms with Crippen LogP contribution in [0.1, 0.15) is 10.4 Å². The lowest BCUT2D eigenvalue weighted by molar-refractivity contribution is -0.0258. The van der Waals surface area contributed by atoms with Crippen LogP contribution in [0.3, 0.4) is 0 Å². The Bertz CT molecular complexity index is 1080. The van der Waals surface area contributed by atoms with Gasteiger partial charge in [-0.3, -0.25) is 9.63 Å². The molecule has 0 unspecified atom stereocenters. The van der Waals surface area contributed by atoms with Gasteiger partial charge in [-0.2, -0.15) is 0 Å². The lowest BCUT2D eigenvalue weighted by atomic mass is 10.2. The normalized spacial score (nSPS) is 11.3. The highest BCUT2D eigenvalue weighted by molar-refractivity contribution is 7.89. The fourth-order valence-electron chi connectivity index (χ4n) is 2.48. The Labute approximate surface area is 169 Å². The monoisotopic (exact) mass is 412 g/mol. The Morgan fingerprint density at radius 2 is 1.55 bits per heavy atom. The first-order chi connectivity index (χ1) is 13.9. The first-order valence-electron chi connectivity index (χ1n) is 8.67. The summed E-state index contributed by atoms with van der Waals surface area (Å²) in [7, 11) is -1.31. The first-order valence-corrected chi connectivity index (χ1v) is 10.1. The zero-order chi connectivity index (χ0) is 20.9. The Morgan fingerprint density at radius 1 is 0.897 bits per heavy atom. The number of ether oxygens (including phenoxy) is 1. The van der Waals surface area contributed by atoms with Crippen molar-refractivity contribution in [3.8, 4) is 11.5 Å². The summed E-state index contributed by atoms with van der Waals surface area (Å²) in [6, 6.07) is 22.0. The maximum Gasteiger partial charge on any atom is 0.264 e. The van der Waals surface area contributed by atoms with Crippen LogP contribution in [0.4, 0.5) is 5.69 Å². The molecule has 150 valence electrons. The molecule has 0 aliphatic heterocycles. The Kier molecular flexibility index (Phi) is 6.28. The van der Waals surface area contributed by atoms with Crippen molar-refractivity contribution in [3.63, 3.8) is 0 Å². The number of carbonyl (C=O) groups excluding carboxylic acids is 1. The molecule has 0 atom stereocenters. The molecule has 0 saturated heterocycles. The highest BCUT2D eigenvalue weighted by Crippen LogP contribution is 2.23. The SMILES string of the molecule is CON(C)S(=O)(=O)c1cccc(C(=O)Nc2ccc(Oc3ccccc3)cc2)c1. The third-order valence-corrected chi connectivity index (χ3v) is 5.76. The number of hydroxylamine groups is 1. The van der Waals surface area contributed by atoms with Crippen LogP contribution in [-0.4, -0.2) is 33.0 Å². The summed E-state index contributed by atoms with van der Waals surface area (Å²) in [6.07, 6.45) is 0. The highest BCUT2D eigenvalue weighted by atomic mass is 32.2. The van der Waals surface area contributed by atoms with Gasteiger partial charge in [-0.05, 0) is 54.6 Å². The minimum atomic E-state index is -3.84. The van der Waals surface area contributed by atoms with Crippen LogP contribution in [0.15, 0.2) is 83.8 Å². The number of hydrogen-bond donors (Lipinski definition) is 1. The molecule has 0 heterocycles. The summed E-state index contributed by atoms with van der Waals surface area (Å²) in [5.41, 5.74) is 0.762. The number of anilines is 1. The number of hydrogen-bond acceptors (Lipinski definition) is 5. The molecule has 8 heteroatoms. The Balaban J connectivity index is 1.71. The summed E-state index contributed by atoms with van der Waals surface area (Å²) < 4.78 is 31.1. The molecule has 0 aliphatic carbocycles. The fraction of sp³-hybridized carbons (Fsp3) is 0.0952. The third kappa shape index (κ3) is 5.00. The van der Waals surface area contributed by atoms with Gasteiger partial charge in [0.1, 0.15) is 11.5 Å². The number of sulfonamides is 1. The van der Waals surface area contributed by atoms with E-state index in [2.05, 4.69) is 5.32 Å². The zero-order valence-corrected chi connectivity index (χ0v) is 16.7. The highest BCUT2D eigenvalue weighted by Gasteiger charge is 2.22. The van der Waals surface area contributed by atoms with Gasteiger partial charge in [-0.15, -0.1) is 0 Å². The lowest BCUT2D eigenvalue weighted by Crippen LogP contribution is -2.26. The number of carbonyl (C=O) groups is 1. The van der Waals surface area contributed by atoms with Crippen LogP contribution in [0, 0.1) is 0 Å². The second-order valence-corrected chi connectivity index (χ2v) is 7.95. The molecular formula is C21H20N2O5S. The van der Waals surface area contributed by atoms with Gasteiger partial charge >= 0.3 is 0 Å². The smallest absolute Gasteiger partial charge is 0.264 e. The molecular weight excluding hydrogens is 392 g/mol. The molecule has 3 aromatic carbocycles. The van der Waals surface area contributed by atoms with Crippen molar-refractivity contribution < 1.29 is 22.8 Å². The van der Waals surface area contributed by atoms with Crippen molar-refractivity contribution in [2.24, 2.45) is 0 Å². The second kappa shape index (κ2) is 8.87. The van der Waals surface area contributed by atoms with Crippen molar-refractivity contribution in [2.75, 3.05) is 19.5 Å². The van der Waals surface area contributed by atoms with Crippen LogP contribution in [0.2, 0.25) is 0 Å². The molecule has 3 aromatic rings. The van der Waals surface area contributed by atoms with E-state index in [0.717, 1.165) is 4.47 Å². The van der Waals surface area contributed by atoms with Crippen molar-refractivity contribution in [2.45, 2.75) is 4.90 Å². The van der Waals surface area contributed by atoms with Crippen molar-refractivity contribution in [1.29, 1.82) is 0 Å². The number of amides is 1. The summed E-state index contributed by atoms with van der Waals surface area (Å²) in [6.45, 7) is 0. The van der Waals surface area contributed by atoms with Crippen molar-refractivity contribution in [3.05, 3.63) is 84.4 Å². The van der Waals surface area contributed by atoms with E-state index in [1.54, 1.807) is 24.3 Å². The largest absolute Gasteiger partial charge is 0.457 e. The van der Waals surface area contributed by atoms with Crippen LogP contribution < -0.4 is 10.1 Å². The van der Waals surface area contributed by atoms with Crippen molar-refractivity contribution >= 4 is 21.6 Å². The van der Waals surface area contributed by atoms with Gasteiger partial charge in [0.05, 0.1) is 12.0 Å². The summed E-state index contributed by atoms with van der Waals surface area (Å²) in [5.74, 6) is 0.909. The topological polar surface area (TPSA) is 84.9 Å². The minimum absolute atomic E-state index is 0.0406. The molecule has 0 radical (unpaired) electrons. The molecule has 7 nitrogen and oxygen atoms in total. The summed E-state index contributed by atoms with van der Waals surface area (Å²) >= 11 is 0. The average Bonchev–Trinajstić information content (AvgIpc) is 2.75. The van der Waals surface area contributed by atoms with E-state index in [1.807, 2.05) is 30.3 Å². The van der Waals surface area contributed by atoms with Crippen molar-refractivity contribution in [1.82, 2.24) is 4.47 Å². The lowest BCUT2D eigenvalue weighted by Gasteiger charge is -2.14. The van der Waals surface area contributed by atoms with E-state index in [1.165, 1.54) is 38.4 Å². The van der Waals surface area contributed by atoms with Gasteiger partial charge in [0.15, 0.2) is 0 Å². The number of rotatable bonds is 7. The molecule has 0 aromatic heterocycles. The van der Waals surface area contributed by atoms with Gasteiger partial charge in [0.2, 0.25) is 0 Å². The average molecular weight is 412 g/mol. The number of nitrogens with zero attached hydrogens (tertiary/aromatic N) is 1. The zero-order valence-electron chi connectivity index (χ0n) is 15.9. The quantitative estimate of drug-likeness (QED) is 0.595. The summed E-state index contributed by atoms with van der Waals surface area (Å²) in [5, 5.41) is 2.74. The predicted octanol–water partition coefficient (Wildman–Crippen LogP) is 3.91. The standard InChI is InChI=1S/C21H20N2O5S/c1-23(27-2)29(25,26)20-10-6-7-16(15-20)21(24)22-17-11-13-19(14-12-17)28-18-8-4-3-5-9-18/h3-15H,1-2H3,(H,22,24). The molecule has 0 fully saturated rings. The van der Waals surface area contributed by atoms with Crippen LogP contribution >= 0.6 is 0 Å². The molecule has 1 N–H and O–H groups in total. The first kappa shape index (κ1) is 20.5. The van der Waals surface area contributed by atoms with E-state index >= 15 is 0 Å². The molecule has 0 aliphatic rings. The third-order valence-electron chi connectivity index (χ3n) is 4.08. The van der Waals surface area contributed by atoms with Gasteiger partial charge in [0.25, 0.3) is 15.9 Å². The van der Waals surface area contributed by atoms with Crippen LogP contribution in [0.25, 0.3) is 0 Å². The Morgan fingerprint density at radius 3 is 2.21 bits per heavy atom. The van der Waals surface area contributed by atoms with Crippen LogP contribution in [-0.2, 0) is 14.9 Å². The molecule has 0 bridgehead atoms. The Hall–Kier alpha value is -3.20. The van der Waals surface area contributed by atoms with Crippen LogP contribution in [0.5, 0.6) is 11.5 Å². The maximum absolute atomic E-state index is 12.5. The fourth-order valence-corrected chi connectivity index (χ4v) is 3.50. The molecule has 29 heavy (non-hydrogen) atoms. The van der Waals surface area contributed by atoms with E-state index in [0.29, 0.717) is 17.2 Å². The molecule has 3 rings (SSSR count). The number of nitrogens with one attached hydrogen (secondary N) is 1. The van der Waals surface area contributed by atoms with E-state index in [-0.39, 0.29) is 10.5 Å².